The molecular formula is C14H17N3O3S. The molecule has 21 heavy (non-hydrogen) atoms. The zero-order valence-electron chi connectivity index (χ0n) is 11.7. The van der Waals surface area contributed by atoms with Gasteiger partial charge >= 0.3 is 6.03 Å². The summed E-state index contributed by atoms with van der Waals surface area (Å²) < 4.78 is 5.02. The molecule has 0 fully saturated rings. The number of carbonyl (C=O) groups is 2. The monoisotopic (exact) mass is 307 g/mol. The molecule has 2 aliphatic rings. The SMILES string of the molecule is COCCCN1CC2=C(C1=O)[C@@H](c1cccs1)NC(=O)N2. The van der Waals surface area contributed by atoms with Gasteiger partial charge in [-0.05, 0) is 17.9 Å². The van der Waals surface area contributed by atoms with Crippen molar-refractivity contribution < 1.29 is 14.3 Å². The van der Waals surface area contributed by atoms with Crippen LogP contribution in [0.25, 0.3) is 0 Å². The van der Waals surface area contributed by atoms with Gasteiger partial charge in [-0.2, -0.15) is 0 Å². The number of rotatable bonds is 5. The van der Waals surface area contributed by atoms with E-state index in [-0.39, 0.29) is 18.0 Å². The van der Waals surface area contributed by atoms with Crippen molar-refractivity contribution in [2.24, 2.45) is 0 Å². The van der Waals surface area contributed by atoms with Crippen LogP contribution in [-0.2, 0) is 9.53 Å². The molecule has 0 bridgehead atoms. The molecule has 0 aromatic carbocycles. The van der Waals surface area contributed by atoms with Gasteiger partial charge in [0.25, 0.3) is 5.91 Å². The summed E-state index contributed by atoms with van der Waals surface area (Å²) in [5.41, 5.74) is 1.38. The molecule has 7 heteroatoms. The minimum absolute atomic E-state index is 0.00740. The highest BCUT2D eigenvalue weighted by molar-refractivity contribution is 7.10. The summed E-state index contributed by atoms with van der Waals surface area (Å²) in [6.07, 6.45) is 0.786. The van der Waals surface area contributed by atoms with E-state index in [1.54, 1.807) is 12.0 Å². The molecule has 0 aliphatic carbocycles. The van der Waals surface area contributed by atoms with Gasteiger partial charge in [0, 0.05) is 25.1 Å². The molecule has 1 aromatic rings. The lowest BCUT2D eigenvalue weighted by atomic mass is 10.0. The third-order valence-electron chi connectivity index (χ3n) is 3.62. The Morgan fingerprint density at radius 2 is 2.33 bits per heavy atom. The zero-order valence-corrected chi connectivity index (χ0v) is 12.5. The number of nitrogens with one attached hydrogen (secondary N) is 2. The number of thiophene rings is 1. The maximum atomic E-state index is 12.6. The van der Waals surface area contributed by atoms with Crippen molar-refractivity contribution in [3.63, 3.8) is 0 Å². The van der Waals surface area contributed by atoms with Crippen LogP contribution < -0.4 is 10.6 Å². The van der Waals surface area contributed by atoms with Crippen LogP contribution in [0.3, 0.4) is 0 Å². The van der Waals surface area contributed by atoms with Crippen LogP contribution in [0.4, 0.5) is 4.79 Å². The lowest BCUT2D eigenvalue weighted by Gasteiger charge is -2.24. The molecule has 0 spiro atoms. The molecule has 3 rings (SSSR count). The van der Waals surface area contributed by atoms with E-state index in [4.69, 9.17) is 4.74 Å². The smallest absolute Gasteiger partial charge is 0.319 e. The average Bonchev–Trinajstić information content (AvgIpc) is 3.08. The maximum Gasteiger partial charge on any atom is 0.319 e. The fourth-order valence-electron chi connectivity index (χ4n) is 2.68. The van der Waals surface area contributed by atoms with Gasteiger partial charge in [-0.3, -0.25) is 4.79 Å². The van der Waals surface area contributed by atoms with Gasteiger partial charge in [-0.1, -0.05) is 6.07 Å². The van der Waals surface area contributed by atoms with E-state index in [1.165, 1.54) is 11.3 Å². The second kappa shape index (κ2) is 5.87. The Bertz CT molecular complexity index is 582. The maximum absolute atomic E-state index is 12.6. The van der Waals surface area contributed by atoms with Crippen LogP contribution in [0.1, 0.15) is 17.3 Å². The third-order valence-corrected chi connectivity index (χ3v) is 4.56. The van der Waals surface area contributed by atoms with E-state index in [1.807, 2.05) is 17.5 Å². The Morgan fingerprint density at radius 3 is 3.05 bits per heavy atom. The Kier molecular flexibility index (Phi) is 3.94. The summed E-state index contributed by atoms with van der Waals surface area (Å²) in [6.45, 7) is 1.72. The molecule has 2 N–H and O–H groups in total. The molecule has 0 saturated carbocycles. The van der Waals surface area contributed by atoms with Crippen LogP contribution >= 0.6 is 11.3 Å². The van der Waals surface area contributed by atoms with Crippen molar-refractivity contribution in [2.45, 2.75) is 12.5 Å². The number of methoxy groups -OCH3 is 1. The lowest BCUT2D eigenvalue weighted by Crippen LogP contribution is -2.44. The summed E-state index contributed by atoms with van der Waals surface area (Å²) in [5.74, 6) is -0.00740. The van der Waals surface area contributed by atoms with Crippen molar-refractivity contribution in [1.29, 1.82) is 0 Å². The molecule has 2 aliphatic heterocycles. The van der Waals surface area contributed by atoms with Crippen LogP contribution in [-0.4, -0.2) is 43.6 Å². The van der Waals surface area contributed by atoms with Gasteiger partial charge in [0.2, 0.25) is 0 Å². The number of hydrogen-bond acceptors (Lipinski definition) is 4. The summed E-state index contributed by atoms with van der Waals surface area (Å²) in [7, 11) is 1.64. The average molecular weight is 307 g/mol. The second-order valence-electron chi connectivity index (χ2n) is 5.01. The number of urea groups is 1. The first-order valence-electron chi connectivity index (χ1n) is 6.83. The standard InChI is InChI=1S/C14H17N3O3S/c1-20-6-3-5-17-8-9-11(13(17)18)12(16-14(19)15-9)10-4-2-7-21-10/h2,4,7,12H,3,5-6,8H2,1H3,(H2,15,16,19)/t12-/m1/s1. The molecule has 0 saturated heterocycles. The highest BCUT2D eigenvalue weighted by Gasteiger charge is 2.40. The van der Waals surface area contributed by atoms with Crippen LogP contribution in [0.2, 0.25) is 0 Å². The van der Waals surface area contributed by atoms with Gasteiger partial charge in [0.15, 0.2) is 0 Å². The van der Waals surface area contributed by atoms with Gasteiger partial charge < -0.3 is 20.3 Å². The number of ether oxygens (including phenoxy) is 1. The van der Waals surface area contributed by atoms with Crippen molar-refractivity contribution >= 4 is 23.3 Å². The lowest BCUT2D eigenvalue weighted by molar-refractivity contribution is -0.125. The minimum atomic E-state index is -0.339. The summed E-state index contributed by atoms with van der Waals surface area (Å²) >= 11 is 1.54. The summed E-state index contributed by atoms with van der Waals surface area (Å²) in [4.78, 5) is 27.1. The first kappa shape index (κ1) is 14.1. The summed E-state index contributed by atoms with van der Waals surface area (Å²) in [5, 5.41) is 7.54. The molecule has 112 valence electrons. The van der Waals surface area contributed by atoms with E-state index < -0.39 is 0 Å². The largest absolute Gasteiger partial charge is 0.385 e. The Hall–Kier alpha value is -1.86. The Labute approximate surface area is 126 Å². The van der Waals surface area contributed by atoms with Crippen LogP contribution in [0.15, 0.2) is 28.8 Å². The normalized spacial score (nSPS) is 21.4. The van der Waals surface area contributed by atoms with Gasteiger partial charge in [0.1, 0.15) is 0 Å². The zero-order chi connectivity index (χ0) is 14.8. The van der Waals surface area contributed by atoms with E-state index in [2.05, 4.69) is 10.6 Å². The molecule has 0 unspecified atom stereocenters. The number of nitrogens with zero attached hydrogens (tertiary/aromatic N) is 1. The van der Waals surface area contributed by atoms with E-state index in [9.17, 15) is 9.59 Å². The molecular weight excluding hydrogens is 290 g/mol. The Balaban J connectivity index is 1.81. The predicted molar refractivity (Wildman–Crippen MR) is 78.8 cm³/mol. The number of amides is 3. The van der Waals surface area contributed by atoms with E-state index in [0.29, 0.717) is 25.3 Å². The Morgan fingerprint density at radius 1 is 1.48 bits per heavy atom. The highest BCUT2D eigenvalue weighted by atomic mass is 32.1. The fourth-order valence-corrected chi connectivity index (χ4v) is 3.46. The second-order valence-corrected chi connectivity index (χ2v) is 5.99. The molecule has 1 atom stereocenters. The first-order valence-corrected chi connectivity index (χ1v) is 7.71. The molecule has 1 aromatic heterocycles. The van der Waals surface area contributed by atoms with E-state index >= 15 is 0 Å². The predicted octanol–water partition coefficient (Wildman–Crippen LogP) is 1.23. The highest BCUT2D eigenvalue weighted by Crippen LogP contribution is 2.34. The van der Waals surface area contributed by atoms with Gasteiger partial charge in [0.05, 0.1) is 23.9 Å². The van der Waals surface area contributed by atoms with Crippen LogP contribution in [0.5, 0.6) is 0 Å². The molecule has 3 amide bonds. The molecule has 0 radical (unpaired) electrons. The van der Waals surface area contributed by atoms with Crippen molar-refractivity contribution in [2.75, 3.05) is 26.8 Å². The van der Waals surface area contributed by atoms with Crippen LogP contribution in [0, 0.1) is 0 Å². The third kappa shape index (κ3) is 2.66. The number of carbonyl (C=O) groups excluding carboxylic acids is 2. The fraction of sp³-hybridized carbons (Fsp3) is 0.429. The number of hydrogen-bond donors (Lipinski definition) is 2. The van der Waals surface area contributed by atoms with Crippen molar-refractivity contribution in [3.8, 4) is 0 Å². The quantitative estimate of drug-likeness (QED) is 0.804. The van der Waals surface area contributed by atoms with Crippen molar-refractivity contribution in [1.82, 2.24) is 15.5 Å². The summed E-state index contributed by atoms with van der Waals surface area (Å²) in [6, 6.07) is 3.27. The van der Waals surface area contributed by atoms with Crippen molar-refractivity contribution in [3.05, 3.63) is 33.7 Å². The molecule has 6 nitrogen and oxygen atoms in total. The molecule has 3 heterocycles. The van der Waals surface area contributed by atoms with Gasteiger partial charge in [-0.15, -0.1) is 11.3 Å². The van der Waals surface area contributed by atoms with E-state index in [0.717, 1.165) is 17.0 Å². The first-order chi connectivity index (χ1) is 10.2. The minimum Gasteiger partial charge on any atom is -0.385 e. The van der Waals surface area contributed by atoms with Gasteiger partial charge in [-0.25, -0.2) is 4.79 Å². The topological polar surface area (TPSA) is 70.7 Å².